The number of hydrogen-bond donors (Lipinski definition) is 1. The van der Waals surface area contributed by atoms with Crippen LogP contribution in [0.15, 0.2) is 54.9 Å². The van der Waals surface area contributed by atoms with Crippen LogP contribution in [-0.2, 0) is 13.0 Å². The highest BCUT2D eigenvalue weighted by molar-refractivity contribution is 5.99. The number of hydrogen-bond acceptors (Lipinski definition) is 5. The lowest BCUT2D eigenvalue weighted by Crippen LogP contribution is -2.61. The van der Waals surface area contributed by atoms with Gasteiger partial charge in [-0.1, -0.05) is 6.07 Å². The second kappa shape index (κ2) is 11.3. The molecular weight excluding hydrogens is 496 g/mol. The lowest BCUT2D eigenvalue weighted by Gasteiger charge is -2.49. The van der Waals surface area contributed by atoms with Crippen molar-refractivity contribution in [1.29, 1.82) is 0 Å². The van der Waals surface area contributed by atoms with Gasteiger partial charge in [0.2, 0.25) is 0 Å². The van der Waals surface area contributed by atoms with E-state index in [1.54, 1.807) is 0 Å². The van der Waals surface area contributed by atoms with Gasteiger partial charge in [-0.15, -0.1) is 0 Å². The average Bonchev–Trinajstić information content (AvgIpc) is 3.62. The van der Waals surface area contributed by atoms with Crippen LogP contribution in [0.25, 0.3) is 33.4 Å². The third-order valence-electron chi connectivity index (χ3n) is 9.54. The molecule has 40 heavy (non-hydrogen) atoms. The smallest absolute Gasteiger partial charge is 0.121 e. The number of pyridine rings is 2. The third kappa shape index (κ3) is 4.90. The van der Waals surface area contributed by atoms with Crippen LogP contribution in [0.1, 0.15) is 50.6 Å². The number of benzene rings is 1. The Labute approximate surface area is 237 Å². The van der Waals surface area contributed by atoms with Gasteiger partial charge in [0.1, 0.15) is 11.4 Å². The van der Waals surface area contributed by atoms with Gasteiger partial charge in [-0.05, 0) is 68.0 Å². The molecule has 208 valence electrons. The van der Waals surface area contributed by atoms with Crippen LogP contribution in [0.4, 0.5) is 0 Å². The molecule has 3 aliphatic heterocycles. The Bertz CT molecular complexity index is 1450. The number of quaternary nitrogens is 1. The summed E-state index contributed by atoms with van der Waals surface area (Å²) in [6.45, 7) is 8.03. The number of aromatic nitrogens is 4. The molecule has 0 atom stereocenters. The van der Waals surface area contributed by atoms with Crippen molar-refractivity contribution in [3.8, 4) is 28.3 Å². The topological polar surface area (TPSA) is 64.9 Å². The summed E-state index contributed by atoms with van der Waals surface area (Å²) < 4.78 is 9.84. The predicted octanol–water partition coefficient (Wildman–Crippen LogP) is 5.63. The molecule has 0 radical (unpaired) electrons. The van der Waals surface area contributed by atoms with Crippen LogP contribution in [0.3, 0.4) is 0 Å². The maximum Gasteiger partial charge on any atom is 0.121 e. The summed E-state index contributed by atoms with van der Waals surface area (Å²) in [6.07, 6.45) is 13.9. The van der Waals surface area contributed by atoms with E-state index in [2.05, 4.69) is 45.3 Å². The fourth-order valence-electron chi connectivity index (χ4n) is 7.57. The number of nitrogens with zero attached hydrogens (tertiary/aromatic N) is 5. The van der Waals surface area contributed by atoms with Crippen LogP contribution in [-0.4, -0.2) is 69.6 Å². The molecule has 0 spiro atoms. The first-order chi connectivity index (χ1) is 19.8. The SMILES string of the molecule is c1ccc(-c2nn3c(c2-c2ccnc4cc(OCCC[N+]5(C6CCNCC6)CCCCC5)ccc24)CCC3)nc1. The first-order valence-corrected chi connectivity index (χ1v) is 15.4. The van der Waals surface area contributed by atoms with Crippen molar-refractivity contribution in [3.63, 3.8) is 0 Å². The molecule has 1 N–H and O–H groups in total. The van der Waals surface area contributed by atoms with E-state index >= 15 is 0 Å². The second-order valence-corrected chi connectivity index (χ2v) is 11.9. The Hall–Kier alpha value is -3.29. The van der Waals surface area contributed by atoms with Crippen molar-refractivity contribution in [2.24, 2.45) is 0 Å². The van der Waals surface area contributed by atoms with E-state index in [1.165, 1.54) is 86.1 Å². The summed E-state index contributed by atoms with van der Waals surface area (Å²) in [5, 5.41) is 9.69. The molecule has 7 heteroatoms. The van der Waals surface area contributed by atoms with Crippen LogP contribution >= 0.6 is 0 Å². The Morgan fingerprint density at radius 3 is 2.70 bits per heavy atom. The number of likely N-dealkylation sites (tertiary alicyclic amines) is 1. The Morgan fingerprint density at radius 1 is 0.950 bits per heavy atom. The highest BCUT2D eigenvalue weighted by Crippen LogP contribution is 2.40. The van der Waals surface area contributed by atoms with Crippen molar-refractivity contribution in [1.82, 2.24) is 25.1 Å². The molecule has 0 bridgehead atoms. The summed E-state index contributed by atoms with van der Waals surface area (Å²) in [7, 11) is 0. The molecule has 0 saturated carbocycles. The largest absolute Gasteiger partial charge is 0.493 e. The maximum atomic E-state index is 6.35. The van der Waals surface area contributed by atoms with E-state index in [9.17, 15) is 0 Å². The highest BCUT2D eigenvalue weighted by atomic mass is 16.5. The molecular formula is C33H41N6O+. The minimum absolute atomic E-state index is 0.761. The molecule has 0 aliphatic carbocycles. The molecule has 2 saturated heterocycles. The van der Waals surface area contributed by atoms with E-state index in [1.807, 2.05) is 24.5 Å². The van der Waals surface area contributed by atoms with Gasteiger partial charge in [0.25, 0.3) is 0 Å². The van der Waals surface area contributed by atoms with Crippen molar-refractivity contribution >= 4 is 10.9 Å². The minimum Gasteiger partial charge on any atom is -0.493 e. The standard InChI is InChI=1S/C33H41N6O/c1-4-20-39(21-5-1,25-12-16-34-17-13-25)22-7-23-40-26-10-11-27-28(14-18-36-30(27)24-26)32-31-9-6-19-38(31)37-33(32)29-8-2-3-15-35-29/h2-3,8,10-11,14-15,18,24-25,34H,1,4-7,9,12-13,16-17,19-23H2/q+1. The number of ether oxygens (including phenoxy) is 1. The molecule has 7 rings (SSSR count). The van der Waals surface area contributed by atoms with Crippen LogP contribution < -0.4 is 10.1 Å². The van der Waals surface area contributed by atoms with E-state index < -0.39 is 0 Å². The summed E-state index contributed by atoms with van der Waals surface area (Å²) in [6, 6.07) is 15.4. The first-order valence-electron chi connectivity index (χ1n) is 15.4. The summed E-state index contributed by atoms with van der Waals surface area (Å²) in [5.74, 6) is 0.911. The van der Waals surface area contributed by atoms with Crippen molar-refractivity contribution < 1.29 is 9.22 Å². The maximum absolute atomic E-state index is 6.35. The van der Waals surface area contributed by atoms with E-state index in [4.69, 9.17) is 14.8 Å². The number of aryl methyl sites for hydroxylation is 1. The third-order valence-corrected chi connectivity index (χ3v) is 9.54. The fraction of sp³-hybridized carbons (Fsp3) is 0.485. The average molecular weight is 538 g/mol. The van der Waals surface area contributed by atoms with Gasteiger partial charge in [0.15, 0.2) is 0 Å². The number of nitrogens with one attached hydrogen (secondary N) is 1. The fourth-order valence-corrected chi connectivity index (χ4v) is 7.57. The van der Waals surface area contributed by atoms with Gasteiger partial charge < -0.3 is 14.5 Å². The molecule has 3 aromatic heterocycles. The molecule has 0 unspecified atom stereocenters. The van der Waals surface area contributed by atoms with Gasteiger partial charge in [0.05, 0.1) is 43.5 Å². The molecule has 2 fully saturated rings. The van der Waals surface area contributed by atoms with E-state index in [0.29, 0.717) is 0 Å². The van der Waals surface area contributed by atoms with Crippen LogP contribution in [0.2, 0.25) is 0 Å². The van der Waals surface area contributed by atoms with Crippen molar-refractivity contribution in [2.45, 2.75) is 64.0 Å². The van der Waals surface area contributed by atoms with Crippen LogP contribution in [0.5, 0.6) is 5.75 Å². The highest BCUT2D eigenvalue weighted by Gasteiger charge is 2.38. The monoisotopic (exact) mass is 537 g/mol. The van der Waals surface area contributed by atoms with Crippen molar-refractivity contribution in [2.75, 3.05) is 39.3 Å². The summed E-state index contributed by atoms with van der Waals surface area (Å²) >= 11 is 0. The first kappa shape index (κ1) is 25.7. The predicted molar refractivity (Wildman–Crippen MR) is 159 cm³/mol. The summed E-state index contributed by atoms with van der Waals surface area (Å²) in [4.78, 5) is 9.39. The van der Waals surface area contributed by atoms with E-state index in [-0.39, 0.29) is 0 Å². The number of rotatable bonds is 8. The molecule has 1 aromatic carbocycles. The summed E-state index contributed by atoms with van der Waals surface area (Å²) in [5.41, 5.74) is 6.53. The molecule has 3 aliphatic rings. The van der Waals surface area contributed by atoms with Gasteiger partial charge in [0, 0.05) is 74.0 Å². The molecule has 0 amide bonds. The zero-order valence-corrected chi connectivity index (χ0v) is 23.5. The lowest BCUT2D eigenvalue weighted by atomic mass is 9.96. The zero-order valence-electron chi connectivity index (χ0n) is 23.5. The van der Waals surface area contributed by atoms with Gasteiger partial charge in [-0.2, -0.15) is 5.10 Å². The second-order valence-electron chi connectivity index (χ2n) is 11.9. The molecule has 7 nitrogen and oxygen atoms in total. The quantitative estimate of drug-likeness (QED) is 0.233. The number of piperidine rings is 2. The van der Waals surface area contributed by atoms with Gasteiger partial charge in [-0.25, -0.2) is 0 Å². The van der Waals surface area contributed by atoms with Gasteiger partial charge in [-0.3, -0.25) is 14.6 Å². The Morgan fingerprint density at radius 2 is 1.85 bits per heavy atom. The Kier molecular flexibility index (Phi) is 7.25. The molecule has 6 heterocycles. The van der Waals surface area contributed by atoms with E-state index in [0.717, 1.165) is 66.5 Å². The van der Waals surface area contributed by atoms with Crippen molar-refractivity contribution in [3.05, 3.63) is 60.6 Å². The number of fused-ring (bicyclic) bond motifs is 2. The minimum atomic E-state index is 0.761. The molecule has 4 aromatic rings. The van der Waals surface area contributed by atoms with Gasteiger partial charge >= 0.3 is 0 Å². The zero-order chi connectivity index (χ0) is 26.8. The van der Waals surface area contributed by atoms with Crippen LogP contribution in [0, 0.1) is 0 Å². The Balaban J connectivity index is 1.10. The lowest BCUT2D eigenvalue weighted by molar-refractivity contribution is -0.956. The normalized spacial score (nSPS) is 19.1.